The second-order valence-corrected chi connectivity index (χ2v) is 6.37. The Bertz CT molecular complexity index is 655. The van der Waals surface area contributed by atoms with Gasteiger partial charge in [0.1, 0.15) is 12.4 Å². The summed E-state index contributed by atoms with van der Waals surface area (Å²) in [6, 6.07) is 3.86. The lowest BCUT2D eigenvalue weighted by molar-refractivity contribution is -0.142. The van der Waals surface area contributed by atoms with Gasteiger partial charge in [-0.2, -0.15) is 0 Å². The van der Waals surface area contributed by atoms with E-state index in [1.54, 1.807) is 0 Å². The molecule has 1 aliphatic carbocycles. The lowest BCUT2D eigenvalue weighted by Crippen LogP contribution is -2.38. The van der Waals surface area contributed by atoms with E-state index in [2.05, 4.69) is 5.32 Å². The third-order valence-corrected chi connectivity index (χ3v) is 4.67. The second kappa shape index (κ2) is 6.28. The number of fused-ring (bicyclic) bond motifs is 1. The Kier molecular flexibility index (Phi) is 4.35. The van der Waals surface area contributed by atoms with Crippen molar-refractivity contribution >= 4 is 35.0 Å². The Labute approximate surface area is 137 Å². The van der Waals surface area contributed by atoms with E-state index in [0.29, 0.717) is 12.8 Å². The van der Waals surface area contributed by atoms with Crippen LogP contribution in [0, 0.1) is 17.7 Å². The van der Waals surface area contributed by atoms with Gasteiger partial charge < -0.3 is 5.32 Å². The van der Waals surface area contributed by atoms with Crippen LogP contribution in [0.3, 0.4) is 0 Å². The number of anilines is 1. The summed E-state index contributed by atoms with van der Waals surface area (Å²) >= 11 is 5.65. The van der Waals surface area contributed by atoms with Crippen LogP contribution < -0.4 is 5.32 Å². The lowest BCUT2D eigenvalue weighted by atomic mass is 9.81. The van der Waals surface area contributed by atoms with Crippen LogP contribution in [0.1, 0.15) is 25.7 Å². The zero-order valence-corrected chi connectivity index (χ0v) is 13.1. The molecule has 1 saturated carbocycles. The number of rotatable bonds is 3. The molecular weight excluding hydrogens is 323 g/mol. The zero-order chi connectivity index (χ0) is 16.6. The van der Waals surface area contributed by atoms with Gasteiger partial charge in [0.25, 0.3) is 0 Å². The number of hydrogen-bond acceptors (Lipinski definition) is 3. The molecule has 1 aromatic carbocycles. The van der Waals surface area contributed by atoms with E-state index in [0.717, 1.165) is 23.8 Å². The molecule has 1 saturated heterocycles. The minimum absolute atomic E-state index is 0.0316. The highest BCUT2D eigenvalue weighted by atomic mass is 35.5. The molecule has 7 heteroatoms. The highest BCUT2D eigenvalue weighted by Crippen LogP contribution is 2.37. The van der Waals surface area contributed by atoms with E-state index in [1.165, 1.54) is 12.1 Å². The van der Waals surface area contributed by atoms with Crippen LogP contribution in [-0.4, -0.2) is 29.2 Å². The average Bonchev–Trinajstić information content (AvgIpc) is 2.76. The first-order valence-corrected chi connectivity index (χ1v) is 7.95. The van der Waals surface area contributed by atoms with Crippen LogP contribution in [0.25, 0.3) is 0 Å². The molecule has 1 aromatic rings. The summed E-state index contributed by atoms with van der Waals surface area (Å²) in [5.41, 5.74) is -0.0316. The predicted octanol–water partition coefficient (Wildman–Crippen LogP) is 2.59. The topological polar surface area (TPSA) is 66.5 Å². The van der Waals surface area contributed by atoms with Crippen LogP contribution in [-0.2, 0) is 14.4 Å². The molecule has 3 amide bonds. The number of carbonyl (C=O) groups excluding carboxylic acids is 3. The van der Waals surface area contributed by atoms with Gasteiger partial charge in [0.2, 0.25) is 17.7 Å². The Morgan fingerprint density at radius 1 is 1.22 bits per heavy atom. The van der Waals surface area contributed by atoms with Crippen molar-refractivity contribution < 1.29 is 18.8 Å². The van der Waals surface area contributed by atoms with E-state index in [4.69, 9.17) is 11.6 Å². The van der Waals surface area contributed by atoms with Crippen molar-refractivity contribution in [2.24, 2.45) is 11.8 Å². The summed E-state index contributed by atoms with van der Waals surface area (Å²) in [4.78, 5) is 37.6. The highest BCUT2D eigenvalue weighted by molar-refractivity contribution is 6.30. The first-order chi connectivity index (χ1) is 11.0. The molecule has 1 aliphatic heterocycles. The van der Waals surface area contributed by atoms with Gasteiger partial charge in [0.15, 0.2) is 0 Å². The van der Waals surface area contributed by atoms with Crippen molar-refractivity contribution in [2.75, 3.05) is 11.9 Å². The van der Waals surface area contributed by atoms with Gasteiger partial charge in [0.05, 0.1) is 17.5 Å². The van der Waals surface area contributed by atoms with Crippen LogP contribution in [0.15, 0.2) is 18.2 Å². The fourth-order valence-electron chi connectivity index (χ4n) is 3.31. The Hall–Kier alpha value is -1.95. The van der Waals surface area contributed by atoms with Gasteiger partial charge in [-0.05, 0) is 31.0 Å². The third kappa shape index (κ3) is 3.08. The van der Waals surface area contributed by atoms with E-state index in [9.17, 15) is 18.8 Å². The quantitative estimate of drug-likeness (QED) is 0.861. The number of likely N-dealkylation sites (tertiary alicyclic amines) is 1. The third-order valence-electron chi connectivity index (χ3n) is 4.44. The largest absolute Gasteiger partial charge is 0.322 e. The van der Waals surface area contributed by atoms with Gasteiger partial charge in [-0.25, -0.2) is 4.39 Å². The summed E-state index contributed by atoms with van der Waals surface area (Å²) in [6.45, 7) is -0.382. The first kappa shape index (κ1) is 15.9. The number of hydrogen-bond donors (Lipinski definition) is 1. The van der Waals surface area contributed by atoms with Gasteiger partial charge in [-0.3, -0.25) is 19.3 Å². The molecule has 2 atom stereocenters. The summed E-state index contributed by atoms with van der Waals surface area (Å²) in [7, 11) is 0. The molecule has 2 unspecified atom stereocenters. The molecule has 23 heavy (non-hydrogen) atoms. The van der Waals surface area contributed by atoms with Crippen LogP contribution in [0.2, 0.25) is 5.02 Å². The van der Waals surface area contributed by atoms with Crippen molar-refractivity contribution in [1.29, 1.82) is 0 Å². The number of imide groups is 1. The standard InChI is InChI=1S/C16H16ClFN2O3/c17-9-5-6-13(12(18)7-9)19-14(21)8-20-15(22)10-3-1-2-4-11(10)16(20)23/h5-7,10-11H,1-4,8H2,(H,19,21). The molecule has 122 valence electrons. The maximum atomic E-state index is 13.7. The van der Waals surface area contributed by atoms with E-state index < -0.39 is 11.7 Å². The number of nitrogens with one attached hydrogen (secondary N) is 1. The minimum Gasteiger partial charge on any atom is -0.322 e. The molecule has 1 heterocycles. The smallest absolute Gasteiger partial charge is 0.244 e. The normalized spacial score (nSPS) is 23.8. The molecule has 0 radical (unpaired) electrons. The SMILES string of the molecule is O=C(CN1C(=O)C2CCCCC2C1=O)Nc1ccc(Cl)cc1F. The molecular formula is C16H16ClFN2O3. The zero-order valence-electron chi connectivity index (χ0n) is 12.4. The van der Waals surface area contributed by atoms with E-state index in [-0.39, 0.29) is 40.9 Å². The first-order valence-electron chi connectivity index (χ1n) is 7.57. The van der Waals surface area contributed by atoms with E-state index in [1.807, 2.05) is 0 Å². The van der Waals surface area contributed by atoms with Gasteiger partial charge in [0, 0.05) is 5.02 Å². The monoisotopic (exact) mass is 338 g/mol. The molecule has 2 fully saturated rings. The summed E-state index contributed by atoms with van der Waals surface area (Å²) in [5, 5.41) is 2.59. The predicted molar refractivity (Wildman–Crippen MR) is 82.2 cm³/mol. The van der Waals surface area contributed by atoms with Gasteiger partial charge in [-0.15, -0.1) is 0 Å². The van der Waals surface area contributed by atoms with Crippen molar-refractivity contribution in [1.82, 2.24) is 4.90 Å². The van der Waals surface area contributed by atoms with Crippen molar-refractivity contribution in [3.8, 4) is 0 Å². The lowest BCUT2D eigenvalue weighted by Gasteiger charge is -2.19. The highest BCUT2D eigenvalue weighted by Gasteiger charge is 2.48. The van der Waals surface area contributed by atoms with Crippen molar-refractivity contribution in [3.63, 3.8) is 0 Å². The fraction of sp³-hybridized carbons (Fsp3) is 0.438. The van der Waals surface area contributed by atoms with E-state index >= 15 is 0 Å². The molecule has 0 aromatic heterocycles. The van der Waals surface area contributed by atoms with Gasteiger partial charge in [-0.1, -0.05) is 24.4 Å². The van der Waals surface area contributed by atoms with Crippen molar-refractivity contribution in [2.45, 2.75) is 25.7 Å². The maximum Gasteiger partial charge on any atom is 0.244 e. The van der Waals surface area contributed by atoms with Crippen LogP contribution >= 0.6 is 11.6 Å². The Morgan fingerprint density at radius 2 is 1.83 bits per heavy atom. The summed E-state index contributed by atoms with van der Waals surface area (Å²) < 4.78 is 13.7. The summed E-state index contributed by atoms with van der Waals surface area (Å²) in [6.07, 6.45) is 3.24. The number of carbonyl (C=O) groups is 3. The van der Waals surface area contributed by atoms with Crippen LogP contribution in [0.4, 0.5) is 10.1 Å². The number of benzene rings is 1. The minimum atomic E-state index is -0.668. The molecule has 5 nitrogen and oxygen atoms in total. The maximum absolute atomic E-state index is 13.7. The number of amides is 3. The molecule has 1 N–H and O–H groups in total. The van der Waals surface area contributed by atoms with Gasteiger partial charge >= 0.3 is 0 Å². The molecule has 0 bridgehead atoms. The number of halogens is 2. The number of nitrogens with zero attached hydrogens (tertiary/aromatic N) is 1. The molecule has 3 rings (SSSR count). The Morgan fingerprint density at radius 3 is 2.39 bits per heavy atom. The van der Waals surface area contributed by atoms with Crippen molar-refractivity contribution in [3.05, 3.63) is 29.0 Å². The second-order valence-electron chi connectivity index (χ2n) is 5.93. The molecule has 2 aliphatic rings. The average molecular weight is 339 g/mol. The van der Waals surface area contributed by atoms with Crippen LogP contribution in [0.5, 0.6) is 0 Å². The molecule has 0 spiro atoms. The Balaban J connectivity index is 1.68. The summed E-state index contributed by atoms with van der Waals surface area (Å²) in [5.74, 6) is -2.43. The fourth-order valence-corrected chi connectivity index (χ4v) is 3.47.